The molecule has 0 bridgehead atoms. The van der Waals surface area contributed by atoms with Crippen LogP contribution in [0.3, 0.4) is 0 Å². The zero-order chi connectivity index (χ0) is 24.5. The van der Waals surface area contributed by atoms with Gasteiger partial charge in [0.15, 0.2) is 11.7 Å². The molecule has 1 aromatic heterocycles. The molecule has 1 fully saturated rings. The van der Waals surface area contributed by atoms with Gasteiger partial charge in [-0.15, -0.1) is 0 Å². The Bertz CT molecular complexity index is 1150. The minimum Gasteiger partial charge on any atom is -0.464 e. The minimum atomic E-state index is -1.10. The van der Waals surface area contributed by atoms with Crippen molar-refractivity contribution in [1.29, 1.82) is 5.26 Å². The summed E-state index contributed by atoms with van der Waals surface area (Å²) in [5.74, 6) is -1.04. The highest BCUT2D eigenvalue weighted by molar-refractivity contribution is 5.85. The number of hydrogen-bond acceptors (Lipinski definition) is 7. The first-order valence-corrected chi connectivity index (χ1v) is 12.5. The molecule has 1 aliphatic heterocycles. The van der Waals surface area contributed by atoms with Crippen LogP contribution in [0.2, 0.25) is 0 Å². The average Bonchev–Trinajstić information content (AvgIpc) is 2.90. The number of esters is 1. The molecule has 1 saturated heterocycles. The molecule has 7 heteroatoms. The third-order valence-electron chi connectivity index (χ3n) is 6.38. The highest BCUT2D eigenvalue weighted by Gasteiger charge is 2.31. The van der Waals surface area contributed by atoms with Crippen LogP contribution in [-0.2, 0) is 16.1 Å². The second-order valence-corrected chi connectivity index (χ2v) is 8.96. The van der Waals surface area contributed by atoms with Crippen molar-refractivity contribution in [3.05, 3.63) is 65.9 Å². The van der Waals surface area contributed by atoms with Crippen LogP contribution >= 0.6 is 0 Å². The van der Waals surface area contributed by atoms with Gasteiger partial charge in [0, 0.05) is 32.7 Å². The van der Waals surface area contributed by atoms with E-state index < -0.39 is 11.9 Å². The number of carbonyl (C=O) groups excluding carboxylic acids is 1. The molecule has 0 unspecified atom stereocenters. The molecule has 2 heterocycles. The van der Waals surface area contributed by atoms with Crippen molar-refractivity contribution in [2.45, 2.75) is 45.1 Å². The monoisotopic (exact) mass is 471 g/mol. The van der Waals surface area contributed by atoms with Gasteiger partial charge in [0.2, 0.25) is 0 Å². The molecular weight excluding hydrogens is 438 g/mol. The number of fused-ring (bicyclic) bond motifs is 1. The van der Waals surface area contributed by atoms with E-state index in [4.69, 9.17) is 14.7 Å². The van der Waals surface area contributed by atoms with E-state index in [9.17, 15) is 10.1 Å². The number of nitrogens with zero attached hydrogens (tertiary/aromatic N) is 5. The van der Waals surface area contributed by atoms with Crippen LogP contribution in [0.15, 0.2) is 54.6 Å². The van der Waals surface area contributed by atoms with E-state index >= 15 is 0 Å². The second kappa shape index (κ2) is 12.3. The largest absolute Gasteiger partial charge is 0.464 e. The number of unbranched alkanes of at least 4 members (excludes halogenated alkanes) is 3. The smallest absolute Gasteiger partial charge is 0.329 e. The Morgan fingerprint density at radius 3 is 2.34 bits per heavy atom. The van der Waals surface area contributed by atoms with Crippen LogP contribution in [-0.4, -0.2) is 53.6 Å². The van der Waals surface area contributed by atoms with E-state index in [1.165, 1.54) is 5.56 Å². The predicted octanol–water partition coefficient (Wildman–Crippen LogP) is 4.68. The number of hydrogen-bond donors (Lipinski definition) is 0. The zero-order valence-electron chi connectivity index (χ0n) is 20.4. The summed E-state index contributed by atoms with van der Waals surface area (Å²) in [5, 5.41) is 9.95. The first-order valence-electron chi connectivity index (χ1n) is 12.5. The molecule has 0 radical (unpaired) electrons. The lowest BCUT2D eigenvalue weighted by Crippen LogP contribution is -2.46. The minimum absolute atomic E-state index is 0.325. The molecule has 3 aromatic rings. The molecule has 0 N–H and O–H groups in total. The Morgan fingerprint density at radius 1 is 0.971 bits per heavy atom. The third-order valence-corrected chi connectivity index (χ3v) is 6.38. The lowest BCUT2D eigenvalue weighted by Gasteiger charge is -2.36. The van der Waals surface area contributed by atoms with Crippen molar-refractivity contribution in [2.24, 2.45) is 0 Å². The number of ether oxygens (including phenoxy) is 1. The summed E-state index contributed by atoms with van der Waals surface area (Å²) in [7, 11) is 0. The summed E-state index contributed by atoms with van der Waals surface area (Å²) in [5.41, 5.74) is 3.10. The first-order chi connectivity index (χ1) is 17.2. The van der Waals surface area contributed by atoms with Gasteiger partial charge in [0.1, 0.15) is 5.69 Å². The van der Waals surface area contributed by atoms with E-state index in [0.29, 0.717) is 23.6 Å². The quantitative estimate of drug-likeness (QED) is 0.314. The van der Waals surface area contributed by atoms with Crippen molar-refractivity contribution in [1.82, 2.24) is 14.9 Å². The van der Waals surface area contributed by atoms with Gasteiger partial charge >= 0.3 is 5.97 Å². The van der Waals surface area contributed by atoms with Gasteiger partial charge in [-0.1, -0.05) is 68.7 Å². The van der Waals surface area contributed by atoms with Gasteiger partial charge in [-0.05, 0) is 24.1 Å². The molecule has 2 aromatic carbocycles. The fourth-order valence-electron chi connectivity index (χ4n) is 4.40. The Morgan fingerprint density at radius 2 is 1.66 bits per heavy atom. The Labute approximate surface area is 207 Å². The van der Waals surface area contributed by atoms with Crippen molar-refractivity contribution in [2.75, 3.05) is 37.7 Å². The summed E-state index contributed by atoms with van der Waals surface area (Å²) < 4.78 is 5.48. The van der Waals surface area contributed by atoms with E-state index in [0.717, 1.165) is 63.9 Å². The van der Waals surface area contributed by atoms with Gasteiger partial charge in [-0.2, -0.15) is 5.26 Å². The first kappa shape index (κ1) is 24.6. The molecule has 1 aliphatic rings. The van der Waals surface area contributed by atoms with Crippen molar-refractivity contribution >= 4 is 22.8 Å². The molecule has 1 atom stereocenters. The van der Waals surface area contributed by atoms with E-state index in [2.05, 4.69) is 47.1 Å². The Balaban J connectivity index is 1.52. The number of piperazine rings is 1. The second-order valence-electron chi connectivity index (χ2n) is 8.96. The highest BCUT2D eigenvalue weighted by atomic mass is 16.5. The number of nitriles is 1. The molecule has 4 rings (SSSR count). The van der Waals surface area contributed by atoms with E-state index in [-0.39, 0.29) is 0 Å². The molecule has 0 aliphatic carbocycles. The standard InChI is InChI=1S/C28H33N5O2/c1-2-3-4-10-19-35-28(34)23(20-29)26-27(31-25-14-9-8-13-24(25)30-26)33-17-15-32(16-18-33)21-22-11-6-5-7-12-22/h5-9,11-14,23H,2-4,10,15-19,21H2,1H3/t23-/m1/s1. The maximum Gasteiger partial charge on any atom is 0.329 e. The molecule has 0 saturated carbocycles. The predicted molar refractivity (Wildman–Crippen MR) is 137 cm³/mol. The number of anilines is 1. The van der Waals surface area contributed by atoms with Gasteiger partial charge < -0.3 is 9.64 Å². The average molecular weight is 472 g/mol. The molecule has 0 amide bonds. The SMILES string of the molecule is CCCCCCOC(=O)[C@H](C#N)c1nc2ccccc2nc1N1CCN(Cc2ccccc2)CC1. The van der Waals surface area contributed by atoms with Crippen LogP contribution in [0.4, 0.5) is 5.82 Å². The summed E-state index contributed by atoms with van der Waals surface area (Å²) in [6.07, 6.45) is 4.03. The summed E-state index contributed by atoms with van der Waals surface area (Å²) in [4.78, 5) is 27.1. The zero-order valence-corrected chi connectivity index (χ0v) is 20.4. The van der Waals surface area contributed by atoms with Crippen molar-refractivity contribution < 1.29 is 9.53 Å². The van der Waals surface area contributed by atoms with Gasteiger partial charge in [-0.25, -0.2) is 9.97 Å². The van der Waals surface area contributed by atoms with E-state index in [1.54, 1.807) is 0 Å². The summed E-state index contributed by atoms with van der Waals surface area (Å²) >= 11 is 0. The van der Waals surface area contributed by atoms with Gasteiger partial charge in [0.25, 0.3) is 0 Å². The fourth-order valence-corrected chi connectivity index (χ4v) is 4.40. The third kappa shape index (κ3) is 6.34. The van der Waals surface area contributed by atoms with Crippen LogP contribution in [0.25, 0.3) is 11.0 Å². The molecular formula is C28H33N5O2. The van der Waals surface area contributed by atoms with Crippen LogP contribution in [0.1, 0.15) is 49.8 Å². The van der Waals surface area contributed by atoms with Crippen molar-refractivity contribution in [3.8, 4) is 6.07 Å². The van der Waals surface area contributed by atoms with Gasteiger partial charge in [0.05, 0.1) is 23.7 Å². The van der Waals surface area contributed by atoms with Crippen LogP contribution in [0, 0.1) is 11.3 Å². The lowest BCUT2D eigenvalue weighted by atomic mass is 10.1. The number of carbonyl (C=O) groups is 1. The molecule has 0 spiro atoms. The normalized spacial score (nSPS) is 15.0. The molecule has 182 valence electrons. The number of benzene rings is 2. The number of para-hydroxylation sites is 2. The topological polar surface area (TPSA) is 82.3 Å². The summed E-state index contributed by atoms with van der Waals surface area (Å²) in [6.45, 7) is 6.58. The van der Waals surface area contributed by atoms with Crippen molar-refractivity contribution in [3.63, 3.8) is 0 Å². The maximum absolute atomic E-state index is 12.9. The van der Waals surface area contributed by atoms with E-state index in [1.807, 2.05) is 30.3 Å². The maximum atomic E-state index is 12.9. The lowest BCUT2D eigenvalue weighted by molar-refractivity contribution is -0.144. The fraction of sp³-hybridized carbons (Fsp3) is 0.429. The molecule has 7 nitrogen and oxygen atoms in total. The van der Waals surface area contributed by atoms with Crippen LogP contribution in [0.5, 0.6) is 0 Å². The number of aromatic nitrogens is 2. The Hall–Kier alpha value is -3.50. The van der Waals surface area contributed by atoms with Crippen LogP contribution < -0.4 is 4.90 Å². The summed E-state index contributed by atoms with van der Waals surface area (Å²) in [6, 6.07) is 20.2. The number of rotatable bonds is 10. The molecule has 35 heavy (non-hydrogen) atoms. The Kier molecular flexibility index (Phi) is 8.63. The highest BCUT2D eigenvalue weighted by Crippen LogP contribution is 2.29. The van der Waals surface area contributed by atoms with Gasteiger partial charge in [-0.3, -0.25) is 9.69 Å².